The molecule has 1 aliphatic heterocycles. The zero-order valence-electron chi connectivity index (χ0n) is 10.2. The predicted molar refractivity (Wildman–Crippen MR) is 61.8 cm³/mol. The molecule has 2 unspecified atom stereocenters. The Morgan fingerprint density at radius 2 is 1.71 bits per heavy atom. The maximum absolute atomic E-state index is 6.45. The molecule has 0 aromatic rings. The summed E-state index contributed by atoms with van der Waals surface area (Å²) in [7, 11) is 0. The molecule has 0 aromatic carbocycles. The van der Waals surface area contributed by atoms with Crippen molar-refractivity contribution in [2.45, 2.75) is 64.5 Å². The predicted octanol–water partition coefficient (Wildman–Crippen LogP) is 3.84. The Labute approximate surface area is 93.2 Å². The van der Waals surface area contributed by atoms with E-state index in [0.717, 1.165) is 6.42 Å². The van der Waals surface area contributed by atoms with Gasteiger partial charge in [-0.1, -0.05) is 13.8 Å². The lowest BCUT2D eigenvalue weighted by Gasteiger charge is -2.31. The van der Waals surface area contributed by atoms with Gasteiger partial charge in [0.1, 0.15) is 0 Å². The fraction of sp³-hybridized carbons (Fsp3) is 1.00. The largest absolute Gasteiger partial charge is 0.369 e. The SMILES string of the molecule is CC(C)C(Cl)C1CC(C)(C)OC1(C)C. The normalized spacial score (nSPS) is 32.1. The van der Waals surface area contributed by atoms with Crippen LogP contribution in [0.15, 0.2) is 0 Å². The maximum Gasteiger partial charge on any atom is 0.0677 e. The smallest absolute Gasteiger partial charge is 0.0677 e. The van der Waals surface area contributed by atoms with Gasteiger partial charge in [-0.05, 0) is 40.0 Å². The van der Waals surface area contributed by atoms with Crippen LogP contribution in [0.3, 0.4) is 0 Å². The Balaban J connectivity index is 2.80. The average molecular weight is 219 g/mol. The second-order valence-electron chi connectivity index (χ2n) is 5.96. The van der Waals surface area contributed by atoms with Crippen LogP contribution < -0.4 is 0 Å². The van der Waals surface area contributed by atoms with E-state index in [9.17, 15) is 0 Å². The van der Waals surface area contributed by atoms with Crippen molar-refractivity contribution >= 4 is 11.6 Å². The highest BCUT2D eigenvalue weighted by molar-refractivity contribution is 6.21. The van der Waals surface area contributed by atoms with Gasteiger partial charge in [0.2, 0.25) is 0 Å². The molecule has 1 nitrogen and oxygen atoms in total. The van der Waals surface area contributed by atoms with E-state index in [1.165, 1.54) is 0 Å². The maximum atomic E-state index is 6.45. The zero-order chi connectivity index (χ0) is 11.1. The summed E-state index contributed by atoms with van der Waals surface area (Å²) in [5.41, 5.74) is -0.101. The molecule has 0 aliphatic carbocycles. The highest BCUT2D eigenvalue weighted by atomic mass is 35.5. The first-order valence-corrected chi connectivity index (χ1v) is 5.93. The van der Waals surface area contributed by atoms with Crippen molar-refractivity contribution < 1.29 is 4.74 Å². The van der Waals surface area contributed by atoms with Gasteiger partial charge in [-0.15, -0.1) is 11.6 Å². The average Bonchev–Trinajstić information content (AvgIpc) is 2.17. The molecule has 1 rings (SSSR count). The highest BCUT2D eigenvalue weighted by Crippen LogP contribution is 2.46. The summed E-state index contributed by atoms with van der Waals surface area (Å²) in [6, 6.07) is 0. The van der Waals surface area contributed by atoms with E-state index in [-0.39, 0.29) is 16.6 Å². The molecule has 0 radical (unpaired) electrons. The van der Waals surface area contributed by atoms with E-state index in [1.807, 2.05) is 0 Å². The van der Waals surface area contributed by atoms with Crippen LogP contribution in [0.25, 0.3) is 0 Å². The van der Waals surface area contributed by atoms with Crippen LogP contribution in [0.1, 0.15) is 48.0 Å². The molecular weight excluding hydrogens is 196 g/mol. The Kier molecular flexibility index (Phi) is 3.24. The zero-order valence-corrected chi connectivity index (χ0v) is 11.0. The molecule has 1 saturated heterocycles. The van der Waals surface area contributed by atoms with E-state index < -0.39 is 0 Å². The number of alkyl halides is 1. The van der Waals surface area contributed by atoms with Crippen LogP contribution >= 0.6 is 11.6 Å². The van der Waals surface area contributed by atoms with Gasteiger partial charge in [0, 0.05) is 11.3 Å². The van der Waals surface area contributed by atoms with Crippen LogP contribution in [-0.2, 0) is 4.74 Å². The second-order valence-corrected chi connectivity index (χ2v) is 6.47. The van der Waals surface area contributed by atoms with Gasteiger partial charge in [0.05, 0.1) is 11.2 Å². The Bertz CT molecular complexity index is 208. The van der Waals surface area contributed by atoms with Crippen molar-refractivity contribution in [1.82, 2.24) is 0 Å². The van der Waals surface area contributed by atoms with Crippen LogP contribution in [0.4, 0.5) is 0 Å². The third kappa shape index (κ3) is 2.43. The van der Waals surface area contributed by atoms with Gasteiger partial charge in [0.15, 0.2) is 0 Å². The summed E-state index contributed by atoms with van der Waals surface area (Å²) in [5.74, 6) is 0.970. The molecule has 1 aliphatic rings. The topological polar surface area (TPSA) is 9.23 Å². The number of ether oxygens (including phenoxy) is 1. The molecule has 0 spiro atoms. The van der Waals surface area contributed by atoms with E-state index >= 15 is 0 Å². The molecule has 0 aromatic heterocycles. The number of hydrogen-bond donors (Lipinski definition) is 0. The molecule has 1 heterocycles. The molecule has 14 heavy (non-hydrogen) atoms. The Morgan fingerprint density at radius 1 is 1.21 bits per heavy atom. The van der Waals surface area contributed by atoms with Crippen molar-refractivity contribution in [3.05, 3.63) is 0 Å². The lowest BCUT2D eigenvalue weighted by atomic mass is 9.81. The summed E-state index contributed by atoms with van der Waals surface area (Å²) < 4.78 is 6.04. The Morgan fingerprint density at radius 3 is 2.00 bits per heavy atom. The fourth-order valence-corrected chi connectivity index (χ4v) is 2.96. The van der Waals surface area contributed by atoms with Gasteiger partial charge >= 0.3 is 0 Å². The van der Waals surface area contributed by atoms with Crippen molar-refractivity contribution in [3.8, 4) is 0 Å². The fourth-order valence-electron chi connectivity index (χ4n) is 2.57. The second kappa shape index (κ2) is 3.68. The van der Waals surface area contributed by atoms with Crippen molar-refractivity contribution in [2.75, 3.05) is 0 Å². The molecule has 0 bridgehead atoms. The van der Waals surface area contributed by atoms with E-state index in [4.69, 9.17) is 16.3 Å². The van der Waals surface area contributed by atoms with Gasteiger partial charge in [-0.3, -0.25) is 0 Å². The van der Waals surface area contributed by atoms with Crippen LogP contribution in [-0.4, -0.2) is 16.6 Å². The van der Waals surface area contributed by atoms with Gasteiger partial charge in [0.25, 0.3) is 0 Å². The number of hydrogen-bond acceptors (Lipinski definition) is 1. The van der Waals surface area contributed by atoms with Crippen LogP contribution in [0.2, 0.25) is 0 Å². The van der Waals surface area contributed by atoms with Crippen molar-refractivity contribution in [2.24, 2.45) is 11.8 Å². The van der Waals surface area contributed by atoms with Gasteiger partial charge in [-0.2, -0.15) is 0 Å². The quantitative estimate of drug-likeness (QED) is 0.640. The molecule has 0 saturated carbocycles. The van der Waals surface area contributed by atoms with E-state index in [2.05, 4.69) is 41.5 Å². The van der Waals surface area contributed by atoms with E-state index in [0.29, 0.717) is 11.8 Å². The van der Waals surface area contributed by atoms with Gasteiger partial charge in [-0.25, -0.2) is 0 Å². The third-order valence-electron chi connectivity index (χ3n) is 3.17. The summed E-state index contributed by atoms with van der Waals surface area (Å²) >= 11 is 6.45. The molecule has 1 fully saturated rings. The summed E-state index contributed by atoms with van der Waals surface area (Å²) in [6.45, 7) is 13.0. The highest BCUT2D eigenvalue weighted by Gasteiger charge is 2.49. The van der Waals surface area contributed by atoms with Crippen LogP contribution in [0, 0.1) is 11.8 Å². The van der Waals surface area contributed by atoms with Crippen molar-refractivity contribution in [1.29, 1.82) is 0 Å². The molecule has 0 amide bonds. The number of halogens is 1. The first-order chi connectivity index (χ1) is 6.16. The summed E-state index contributed by atoms with van der Waals surface area (Å²) in [4.78, 5) is 0. The molecular formula is C12H23ClO. The molecule has 2 atom stereocenters. The first-order valence-electron chi connectivity index (χ1n) is 5.50. The standard InChI is InChI=1S/C12H23ClO/c1-8(2)10(13)9-7-11(3,4)14-12(9,5)6/h8-10H,7H2,1-6H3. The van der Waals surface area contributed by atoms with Crippen LogP contribution in [0.5, 0.6) is 0 Å². The monoisotopic (exact) mass is 218 g/mol. The number of rotatable bonds is 2. The van der Waals surface area contributed by atoms with E-state index in [1.54, 1.807) is 0 Å². The lowest BCUT2D eigenvalue weighted by Crippen LogP contribution is -2.36. The summed E-state index contributed by atoms with van der Waals surface area (Å²) in [6.07, 6.45) is 1.06. The Hall–Kier alpha value is 0.250. The molecule has 84 valence electrons. The minimum atomic E-state index is -0.0831. The minimum Gasteiger partial charge on any atom is -0.369 e. The molecule has 0 N–H and O–H groups in total. The minimum absolute atomic E-state index is 0.0177. The molecule has 2 heteroatoms. The summed E-state index contributed by atoms with van der Waals surface area (Å²) in [5, 5.41) is 0.215. The lowest BCUT2D eigenvalue weighted by molar-refractivity contribution is -0.0756. The van der Waals surface area contributed by atoms with Crippen molar-refractivity contribution in [3.63, 3.8) is 0 Å². The third-order valence-corrected chi connectivity index (χ3v) is 3.97. The van der Waals surface area contributed by atoms with Gasteiger partial charge < -0.3 is 4.74 Å². The first kappa shape index (κ1) is 12.3.